The summed E-state index contributed by atoms with van der Waals surface area (Å²) >= 11 is 1.32. The van der Waals surface area contributed by atoms with Crippen molar-refractivity contribution in [2.75, 3.05) is 11.4 Å². The first-order valence-corrected chi connectivity index (χ1v) is 6.98. The molecular weight excluding hydrogens is 236 g/mol. The van der Waals surface area contributed by atoms with Gasteiger partial charge in [0.05, 0.1) is 5.69 Å². The fourth-order valence-electron chi connectivity index (χ4n) is 1.93. The molecule has 1 N–H and O–H groups in total. The first kappa shape index (κ1) is 12.4. The van der Waals surface area contributed by atoms with Crippen LogP contribution in [0.4, 0.5) is 5.13 Å². The SMILES string of the molecule is CCCN(c1nc(CC)c(C(=O)O)s1)C1CC1. The van der Waals surface area contributed by atoms with Crippen LogP contribution in [-0.4, -0.2) is 28.6 Å². The number of carboxylic acids is 1. The Labute approximate surface area is 105 Å². The molecule has 1 aliphatic carbocycles. The lowest BCUT2D eigenvalue weighted by molar-refractivity contribution is 0.0701. The number of aromatic carboxylic acids is 1. The summed E-state index contributed by atoms with van der Waals surface area (Å²) in [5.74, 6) is -0.849. The van der Waals surface area contributed by atoms with Gasteiger partial charge in [-0.25, -0.2) is 9.78 Å². The van der Waals surface area contributed by atoms with E-state index >= 15 is 0 Å². The number of hydrogen-bond acceptors (Lipinski definition) is 4. The molecule has 0 bridgehead atoms. The molecule has 0 unspecified atom stereocenters. The molecule has 0 amide bonds. The first-order valence-electron chi connectivity index (χ1n) is 6.17. The van der Waals surface area contributed by atoms with Crippen LogP contribution in [0, 0.1) is 0 Å². The maximum absolute atomic E-state index is 11.1. The van der Waals surface area contributed by atoms with Gasteiger partial charge in [-0.1, -0.05) is 25.2 Å². The number of nitrogens with zero attached hydrogens (tertiary/aromatic N) is 2. The zero-order chi connectivity index (χ0) is 12.4. The van der Waals surface area contributed by atoms with E-state index in [4.69, 9.17) is 5.11 Å². The van der Waals surface area contributed by atoms with E-state index in [-0.39, 0.29) is 0 Å². The highest BCUT2D eigenvalue weighted by atomic mass is 32.1. The lowest BCUT2D eigenvalue weighted by Gasteiger charge is -2.20. The zero-order valence-electron chi connectivity index (χ0n) is 10.3. The van der Waals surface area contributed by atoms with Crippen LogP contribution in [-0.2, 0) is 6.42 Å². The van der Waals surface area contributed by atoms with E-state index in [2.05, 4.69) is 16.8 Å². The average molecular weight is 254 g/mol. The van der Waals surface area contributed by atoms with Gasteiger partial charge in [-0.2, -0.15) is 0 Å². The molecular formula is C12H18N2O2S. The van der Waals surface area contributed by atoms with Crippen molar-refractivity contribution in [1.29, 1.82) is 0 Å². The molecule has 1 fully saturated rings. The standard InChI is InChI=1S/C12H18N2O2S/c1-3-7-14(8-5-6-8)12-13-9(4-2)10(17-12)11(15)16/h8H,3-7H2,1-2H3,(H,15,16). The van der Waals surface area contributed by atoms with Crippen molar-refractivity contribution >= 4 is 22.4 Å². The quantitative estimate of drug-likeness (QED) is 0.848. The lowest BCUT2D eigenvalue weighted by Crippen LogP contribution is -2.26. The zero-order valence-corrected chi connectivity index (χ0v) is 11.1. The van der Waals surface area contributed by atoms with Gasteiger partial charge in [0.1, 0.15) is 4.88 Å². The van der Waals surface area contributed by atoms with Crippen molar-refractivity contribution in [1.82, 2.24) is 4.98 Å². The van der Waals surface area contributed by atoms with E-state index in [9.17, 15) is 4.79 Å². The third kappa shape index (κ3) is 2.60. The second-order valence-electron chi connectivity index (χ2n) is 4.36. The van der Waals surface area contributed by atoms with E-state index in [0.717, 1.165) is 23.8 Å². The summed E-state index contributed by atoms with van der Waals surface area (Å²) in [6, 6.07) is 0.590. The summed E-state index contributed by atoms with van der Waals surface area (Å²) in [4.78, 5) is 18.3. The highest BCUT2D eigenvalue weighted by Crippen LogP contribution is 2.35. The third-order valence-corrected chi connectivity index (χ3v) is 4.04. The Bertz CT molecular complexity index is 413. The number of hydrogen-bond donors (Lipinski definition) is 1. The van der Waals surface area contributed by atoms with Crippen LogP contribution in [0.5, 0.6) is 0 Å². The highest BCUT2D eigenvalue weighted by Gasteiger charge is 2.31. The van der Waals surface area contributed by atoms with E-state index in [0.29, 0.717) is 17.3 Å². The van der Waals surface area contributed by atoms with Gasteiger partial charge in [0.25, 0.3) is 0 Å². The molecule has 0 aliphatic heterocycles. The van der Waals surface area contributed by atoms with E-state index < -0.39 is 5.97 Å². The maximum atomic E-state index is 11.1. The van der Waals surface area contributed by atoms with E-state index in [1.807, 2.05) is 6.92 Å². The number of carbonyl (C=O) groups is 1. The Morgan fingerprint density at radius 3 is 2.65 bits per heavy atom. The van der Waals surface area contributed by atoms with Crippen molar-refractivity contribution in [2.45, 2.75) is 45.6 Å². The van der Waals surface area contributed by atoms with Crippen molar-refractivity contribution in [3.63, 3.8) is 0 Å². The predicted molar refractivity (Wildman–Crippen MR) is 69.1 cm³/mol. The second-order valence-corrected chi connectivity index (χ2v) is 5.33. The molecule has 1 saturated carbocycles. The molecule has 5 heteroatoms. The molecule has 1 heterocycles. The number of aryl methyl sites for hydroxylation is 1. The monoisotopic (exact) mass is 254 g/mol. The molecule has 0 atom stereocenters. The molecule has 0 saturated heterocycles. The van der Waals surface area contributed by atoms with Crippen molar-refractivity contribution < 1.29 is 9.90 Å². The Morgan fingerprint density at radius 2 is 2.24 bits per heavy atom. The van der Waals surface area contributed by atoms with Gasteiger partial charge in [0.15, 0.2) is 5.13 Å². The van der Waals surface area contributed by atoms with Crippen LogP contribution < -0.4 is 4.90 Å². The number of carboxylic acid groups (broad SMARTS) is 1. The van der Waals surface area contributed by atoms with E-state index in [1.165, 1.54) is 24.2 Å². The normalized spacial score (nSPS) is 14.9. The molecule has 1 aromatic heterocycles. The van der Waals surface area contributed by atoms with Gasteiger partial charge in [0, 0.05) is 12.6 Å². The minimum Gasteiger partial charge on any atom is -0.477 e. The summed E-state index contributed by atoms with van der Waals surface area (Å²) in [7, 11) is 0. The van der Waals surface area contributed by atoms with Gasteiger partial charge >= 0.3 is 5.97 Å². The van der Waals surface area contributed by atoms with E-state index in [1.54, 1.807) is 0 Å². The highest BCUT2D eigenvalue weighted by molar-refractivity contribution is 7.17. The van der Waals surface area contributed by atoms with Crippen molar-refractivity contribution in [2.24, 2.45) is 0 Å². The Hall–Kier alpha value is -1.10. The number of rotatable bonds is 6. The lowest BCUT2D eigenvalue weighted by atomic mass is 10.3. The van der Waals surface area contributed by atoms with Gasteiger partial charge in [-0.3, -0.25) is 0 Å². The number of aromatic nitrogens is 1. The molecule has 17 heavy (non-hydrogen) atoms. The van der Waals surface area contributed by atoms with Gasteiger partial charge < -0.3 is 10.0 Å². The summed E-state index contributed by atoms with van der Waals surface area (Å²) in [5, 5.41) is 10.0. The fraction of sp³-hybridized carbons (Fsp3) is 0.667. The first-order chi connectivity index (χ1) is 8.17. The van der Waals surface area contributed by atoms with Crippen molar-refractivity contribution in [3.8, 4) is 0 Å². The Balaban J connectivity index is 2.27. The summed E-state index contributed by atoms with van der Waals surface area (Å²) in [6.45, 7) is 5.06. The fourth-order valence-corrected chi connectivity index (χ4v) is 3.02. The molecule has 1 aromatic rings. The average Bonchev–Trinajstić information content (AvgIpc) is 3.04. The minimum absolute atomic E-state index is 0.407. The summed E-state index contributed by atoms with van der Waals surface area (Å²) < 4.78 is 0. The van der Waals surface area contributed by atoms with Crippen LogP contribution in [0.1, 0.15) is 48.5 Å². The topological polar surface area (TPSA) is 53.4 Å². The Morgan fingerprint density at radius 1 is 1.53 bits per heavy atom. The molecule has 0 spiro atoms. The Kier molecular flexibility index (Phi) is 3.66. The van der Waals surface area contributed by atoms with Crippen LogP contribution >= 0.6 is 11.3 Å². The number of thiazole rings is 1. The minimum atomic E-state index is -0.849. The largest absolute Gasteiger partial charge is 0.477 e. The second kappa shape index (κ2) is 5.04. The van der Waals surface area contributed by atoms with Gasteiger partial charge in [-0.15, -0.1) is 0 Å². The molecule has 0 aromatic carbocycles. The van der Waals surface area contributed by atoms with Crippen LogP contribution in [0.15, 0.2) is 0 Å². The van der Waals surface area contributed by atoms with Gasteiger partial charge in [0.2, 0.25) is 0 Å². The van der Waals surface area contributed by atoms with Gasteiger partial charge in [-0.05, 0) is 25.7 Å². The van der Waals surface area contributed by atoms with Crippen molar-refractivity contribution in [3.05, 3.63) is 10.6 Å². The third-order valence-electron chi connectivity index (χ3n) is 2.91. The summed E-state index contributed by atoms with van der Waals surface area (Å²) in [6.07, 6.45) is 4.18. The smallest absolute Gasteiger partial charge is 0.347 e. The molecule has 1 aliphatic rings. The van der Waals surface area contributed by atoms with Crippen LogP contribution in [0.25, 0.3) is 0 Å². The number of anilines is 1. The molecule has 4 nitrogen and oxygen atoms in total. The summed E-state index contributed by atoms with van der Waals surface area (Å²) in [5.41, 5.74) is 0.722. The van der Waals surface area contributed by atoms with Crippen LogP contribution in [0.3, 0.4) is 0 Å². The molecule has 94 valence electrons. The molecule has 2 rings (SSSR count). The maximum Gasteiger partial charge on any atom is 0.347 e. The molecule has 0 radical (unpaired) electrons. The predicted octanol–water partition coefficient (Wildman–Crippen LogP) is 2.78. The van der Waals surface area contributed by atoms with Crippen LogP contribution in [0.2, 0.25) is 0 Å².